The highest BCUT2D eigenvalue weighted by atomic mass is 79.9. The Labute approximate surface area is 115 Å². The molecule has 0 saturated heterocycles. The number of nitrogen functional groups attached to an aromatic ring is 1. The van der Waals surface area contributed by atoms with E-state index in [1.165, 1.54) is 0 Å². The summed E-state index contributed by atoms with van der Waals surface area (Å²) in [6.45, 7) is 2.78. The van der Waals surface area contributed by atoms with E-state index in [-0.39, 0.29) is 5.91 Å². The molecule has 0 saturated carbocycles. The van der Waals surface area contributed by atoms with E-state index in [2.05, 4.69) is 34.4 Å². The minimum Gasteiger partial charge on any atom is -0.398 e. The standard InChI is InChI=1S/C12H17BrN2OS/c1-8(7-17-2)6-15-12(16)10-5-9(13)3-4-11(10)14/h3-5,8H,6-7,14H2,1-2H3,(H,15,16). The molecule has 0 heterocycles. The summed E-state index contributed by atoms with van der Waals surface area (Å²) >= 11 is 5.11. The number of nitrogens with two attached hydrogens (primary N) is 1. The topological polar surface area (TPSA) is 55.1 Å². The summed E-state index contributed by atoms with van der Waals surface area (Å²) in [7, 11) is 0. The first kappa shape index (κ1) is 14.4. The van der Waals surface area contributed by atoms with E-state index in [0.717, 1.165) is 10.2 Å². The number of carbonyl (C=O) groups excluding carboxylic acids is 1. The fraction of sp³-hybridized carbons (Fsp3) is 0.417. The number of amides is 1. The van der Waals surface area contributed by atoms with Crippen molar-refractivity contribution >= 4 is 39.3 Å². The van der Waals surface area contributed by atoms with Crippen molar-refractivity contribution in [2.24, 2.45) is 5.92 Å². The van der Waals surface area contributed by atoms with Gasteiger partial charge in [-0.3, -0.25) is 4.79 Å². The quantitative estimate of drug-likeness (QED) is 0.821. The fourth-order valence-corrected chi connectivity index (χ4v) is 2.48. The lowest BCUT2D eigenvalue weighted by Crippen LogP contribution is -2.29. The Bertz CT molecular complexity index is 398. The number of hydrogen-bond acceptors (Lipinski definition) is 3. The molecule has 3 nitrogen and oxygen atoms in total. The van der Waals surface area contributed by atoms with Crippen LogP contribution in [0, 0.1) is 5.92 Å². The number of rotatable bonds is 5. The van der Waals surface area contributed by atoms with Crippen LogP contribution in [0.4, 0.5) is 5.69 Å². The highest BCUT2D eigenvalue weighted by molar-refractivity contribution is 9.10. The molecule has 0 aromatic heterocycles. The largest absolute Gasteiger partial charge is 0.398 e. The molecule has 1 aromatic rings. The molecule has 0 bridgehead atoms. The van der Waals surface area contributed by atoms with Crippen LogP contribution in [0.25, 0.3) is 0 Å². The van der Waals surface area contributed by atoms with Crippen molar-refractivity contribution in [3.05, 3.63) is 28.2 Å². The van der Waals surface area contributed by atoms with Crippen LogP contribution in [0.5, 0.6) is 0 Å². The molecule has 0 radical (unpaired) electrons. The number of anilines is 1. The lowest BCUT2D eigenvalue weighted by molar-refractivity contribution is 0.0950. The first-order valence-corrected chi connectivity index (χ1v) is 7.55. The van der Waals surface area contributed by atoms with Gasteiger partial charge in [-0.15, -0.1) is 0 Å². The average molecular weight is 317 g/mol. The number of halogens is 1. The van der Waals surface area contributed by atoms with Crippen LogP contribution in [0.2, 0.25) is 0 Å². The maximum Gasteiger partial charge on any atom is 0.253 e. The van der Waals surface area contributed by atoms with Crippen molar-refractivity contribution in [2.45, 2.75) is 6.92 Å². The molecule has 5 heteroatoms. The van der Waals surface area contributed by atoms with Gasteiger partial charge < -0.3 is 11.1 Å². The van der Waals surface area contributed by atoms with Crippen LogP contribution in [0.15, 0.2) is 22.7 Å². The number of carbonyl (C=O) groups is 1. The summed E-state index contributed by atoms with van der Waals surface area (Å²) < 4.78 is 0.856. The van der Waals surface area contributed by atoms with E-state index in [0.29, 0.717) is 23.7 Å². The molecule has 17 heavy (non-hydrogen) atoms. The van der Waals surface area contributed by atoms with Crippen LogP contribution in [-0.4, -0.2) is 24.5 Å². The molecular weight excluding hydrogens is 300 g/mol. The van der Waals surface area contributed by atoms with Gasteiger partial charge in [0.1, 0.15) is 0 Å². The molecule has 0 aliphatic heterocycles. The molecule has 0 spiro atoms. The molecule has 1 unspecified atom stereocenters. The normalized spacial score (nSPS) is 12.2. The number of thioether (sulfide) groups is 1. The van der Waals surface area contributed by atoms with E-state index < -0.39 is 0 Å². The minimum atomic E-state index is -0.114. The van der Waals surface area contributed by atoms with Crippen LogP contribution < -0.4 is 11.1 Å². The summed E-state index contributed by atoms with van der Waals surface area (Å²) in [4.78, 5) is 11.9. The predicted molar refractivity (Wildman–Crippen MR) is 78.4 cm³/mol. The van der Waals surface area contributed by atoms with Gasteiger partial charge in [-0.2, -0.15) is 11.8 Å². The Balaban J connectivity index is 2.61. The first-order chi connectivity index (χ1) is 8.04. The van der Waals surface area contributed by atoms with Crippen molar-refractivity contribution < 1.29 is 4.79 Å². The van der Waals surface area contributed by atoms with E-state index in [1.54, 1.807) is 23.9 Å². The Morgan fingerprint density at radius 1 is 1.59 bits per heavy atom. The summed E-state index contributed by atoms with van der Waals surface area (Å²) in [5, 5.41) is 2.90. The molecule has 0 aliphatic rings. The molecule has 94 valence electrons. The predicted octanol–water partition coefficient (Wildman–Crippen LogP) is 2.76. The second-order valence-corrected chi connectivity index (χ2v) is 5.83. The van der Waals surface area contributed by atoms with Gasteiger partial charge in [-0.25, -0.2) is 0 Å². The fourth-order valence-electron chi connectivity index (χ4n) is 1.43. The minimum absolute atomic E-state index is 0.114. The van der Waals surface area contributed by atoms with Gasteiger partial charge in [-0.05, 0) is 36.1 Å². The molecule has 1 amide bonds. The van der Waals surface area contributed by atoms with Gasteiger partial charge in [0, 0.05) is 16.7 Å². The van der Waals surface area contributed by atoms with Crippen molar-refractivity contribution in [1.29, 1.82) is 0 Å². The summed E-state index contributed by atoms with van der Waals surface area (Å²) in [5.41, 5.74) is 6.80. The van der Waals surface area contributed by atoms with Crippen LogP contribution in [-0.2, 0) is 0 Å². The third kappa shape index (κ3) is 4.60. The van der Waals surface area contributed by atoms with E-state index >= 15 is 0 Å². The molecule has 3 N–H and O–H groups in total. The second kappa shape index (κ2) is 6.91. The smallest absolute Gasteiger partial charge is 0.253 e. The number of nitrogens with one attached hydrogen (secondary N) is 1. The Morgan fingerprint density at radius 3 is 2.94 bits per heavy atom. The second-order valence-electron chi connectivity index (χ2n) is 4.00. The Kier molecular flexibility index (Phi) is 5.85. The highest BCUT2D eigenvalue weighted by Gasteiger charge is 2.11. The SMILES string of the molecule is CSCC(C)CNC(=O)c1cc(Br)ccc1N. The molecule has 1 atom stereocenters. The third-order valence-electron chi connectivity index (χ3n) is 2.32. The summed E-state index contributed by atoms with van der Waals surface area (Å²) in [6, 6.07) is 5.29. The highest BCUT2D eigenvalue weighted by Crippen LogP contribution is 2.18. The molecule has 1 rings (SSSR count). The van der Waals surface area contributed by atoms with E-state index in [1.807, 2.05) is 6.07 Å². The van der Waals surface area contributed by atoms with Crippen molar-refractivity contribution in [3.8, 4) is 0 Å². The molecule has 0 fully saturated rings. The van der Waals surface area contributed by atoms with Crippen LogP contribution >= 0.6 is 27.7 Å². The maximum atomic E-state index is 11.9. The van der Waals surface area contributed by atoms with Crippen molar-refractivity contribution in [3.63, 3.8) is 0 Å². The monoisotopic (exact) mass is 316 g/mol. The average Bonchev–Trinajstić information content (AvgIpc) is 2.29. The van der Waals surface area contributed by atoms with Gasteiger partial charge in [0.05, 0.1) is 5.56 Å². The molecular formula is C12H17BrN2OS. The molecule has 0 aliphatic carbocycles. The lowest BCUT2D eigenvalue weighted by atomic mass is 10.1. The van der Waals surface area contributed by atoms with Crippen LogP contribution in [0.1, 0.15) is 17.3 Å². The van der Waals surface area contributed by atoms with Crippen molar-refractivity contribution in [2.75, 3.05) is 24.3 Å². The Hall–Kier alpha value is -0.680. The van der Waals surface area contributed by atoms with Gasteiger partial charge in [0.25, 0.3) is 5.91 Å². The van der Waals surface area contributed by atoms with E-state index in [9.17, 15) is 4.79 Å². The molecule has 1 aromatic carbocycles. The zero-order valence-corrected chi connectivity index (χ0v) is 12.4. The number of hydrogen-bond donors (Lipinski definition) is 2. The van der Waals surface area contributed by atoms with Crippen molar-refractivity contribution in [1.82, 2.24) is 5.32 Å². The maximum absolute atomic E-state index is 11.9. The third-order valence-corrected chi connectivity index (χ3v) is 3.72. The van der Waals surface area contributed by atoms with Gasteiger partial charge in [0.2, 0.25) is 0 Å². The zero-order chi connectivity index (χ0) is 12.8. The van der Waals surface area contributed by atoms with E-state index in [4.69, 9.17) is 5.73 Å². The van der Waals surface area contributed by atoms with Gasteiger partial charge in [-0.1, -0.05) is 22.9 Å². The Morgan fingerprint density at radius 2 is 2.29 bits per heavy atom. The van der Waals surface area contributed by atoms with Gasteiger partial charge >= 0.3 is 0 Å². The number of benzene rings is 1. The summed E-state index contributed by atoms with van der Waals surface area (Å²) in [5.74, 6) is 1.38. The lowest BCUT2D eigenvalue weighted by Gasteiger charge is -2.12. The first-order valence-electron chi connectivity index (χ1n) is 5.36. The van der Waals surface area contributed by atoms with Gasteiger partial charge in [0.15, 0.2) is 0 Å². The van der Waals surface area contributed by atoms with Crippen LogP contribution in [0.3, 0.4) is 0 Å². The zero-order valence-electron chi connectivity index (χ0n) is 10.00. The summed E-state index contributed by atoms with van der Waals surface area (Å²) in [6.07, 6.45) is 2.06.